The Hall–Kier alpha value is -1.07. The third-order valence-electron chi connectivity index (χ3n) is 3.86. The second kappa shape index (κ2) is 5.92. The SMILES string of the molecule is NC(=O)C1(N)CCCC1CCSc1cccc(F)c1. The lowest BCUT2D eigenvalue weighted by atomic mass is 9.85. The van der Waals surface area contributed by atoms with Gasteiger partial charge in [-0.3, -0.25) is 4.79 Å². The highest BCUT2D eigenvalue weighted by Crippen LogP contribution is 2.37. The van der Waals surface area contributed by atoms with E-state index in [2.05, 4.69) is 0 Å². The molecular formula is C14H19FN2OS. The van der Waals surface area contributed by atoms with Crippen LogP contribution < -0.4 is 11.5 Å². The molecule has 5 heteroatoms. The van der Waals surface area contributed by atoms with Crippen LogP contribution in [0.4, 0.5) is 4.39 Å². The van der Waals surface area contributed by atoms with E-state index in [1.54, 1.807) is 17.8 Å². The Morgan fingerprint density at radius 1 is 1.53 bits per heavy atom. The minimum atomic E-state index is -0.845. The van der Waals surface area contributed by atoms with Gasteiger partial charge in [-0.2, -0.15) is 0 Å². The number of rotatable bonds is 5. The van der Waals surface area contributed by atoms with E-state index in [9.17, 15) is 9.18 Å². The first kappa shape index (κ1) is 14.3. The van der Waals surface area contributed by atoms with Crippen LogP contribution in [-0.4, -0.2) is 17.2 Å². The van der Waals surface area contributed by atoms with Crippen molar-refractivity contribution in [1.82, 2.24) is 0 Å². The van der Waals surface area contributed by atoms with Gasteiger partial charge < -0.3 is 11.5 Å². The number of carbonyl (C=O) groups excluding carboxylic acids is 1. The zero-order chi connectivity index (χ0) is 13.9. The number of primary amides is 1. The van der Waals surface area contributed by atoms with Crippen molar-refractivity contribution < 1.29 is 9.18 Å². The summed E-state index contributed by atoms with van der Waals surface area (Å²) >= 11 is 1.59. The second-order valence-electron chi connectivity index (χ2n) is 5.09. The van der Waals surface area contributed by atoms with E-state index in [1.807, 2.05) is 6.07 Å². The quantitative estimate of drug-likeness (QED) is 0.814. The van der Waals surface area contributed by atoms with Gasteiger partial charge in [-0.25, -0.2) is 4.39 Å². The van der Waals surface area contributed by atoms with Crippen LogP contribution in [0, 0.1) is 11.7 Å². The van der Waals surface area contributed by atoms with Crippen molar-refractivity contribution in [3.63, 3.8) is 0 Å². The standard InChI is InChI=1S/C14H19FN2OS/c15-11-4-1-5-12(9-11)19-8-6-10-3-2-7-14(10,17)13(16)18/h1,4-5,9-10H,2-3,6-8,17H2,(H2,16,18). The summed E-state index contributed by atoms with van der Waals surface area (Å²) in [6, 6.07) is 6.53. The lowest BCUT2D eigenvalue weighted by Gasteiger charge is -2.27. The summed E-state index contributed by atoms with van der Waals surface area (Å²) in [6.07, 6.45) is 3.41. The Labute approximate surface area is 116 Å². The van der Waals surface area contributed by atoms with Gasteiger partial charge in [-0.1, -0.05) is 12.5 Å². The van der Waals surface area contributed by atoms with Gasteiger partial charge >= 0.3 is 0 Å². The average Bonchev–Trinajstić information content (AvgIpc) is 2.73. The first-order valence-electron chi connectivity index (χ1n) is 6.49. The first-order valence-corrected chi connectivity index (χ1v) is 7.48. The van der Waals surface area contributed by atoms with Crippen LogP contribution in [0.1, 0.15) is 25.7 Å². The maximum absolute atomic E-state index is 13.0. The van der Waals surface area contributed by atoms with Gasteiger partial charge in [0.15, 0.2) is 0 Å². The molecule has 0 aliphatic heterocycles. The highest BCUT2D eigenvalue weighted by atomic mass is 32.2. The maximum atomic E-state index is 13.0. The van der Waals surface area contributed by atoms with Gasteiger partial charge in [-0.15, -0.1) is 11.8 Å². The van der Waals surface area contributed by atoms with Crippen LogP contribution in [0.5, 0.6) is 0 Å². The highest BCUT2D eigenvalue weighted by Gasteiger charge is 2.43. The van der Waals surface area contributed by atoms with Gasteiger partial charge in [0.05, 0.1) is 5.54 Å². The molecule has 1 fully saturated rings. The first-order chi connectivity index (χ1) is 9.02. The van der Waals surface area contributed by atoms with Gasteiger partial charge in [-0.05, 0) is 49.1 Å². The average molecular weight is 282 g/mol. The molecule has 0 radical (unpaired) electrons. The molecule has 0 bridgehead atoms. The summed E-state index contributed by atoms with van der Waals surface area (Å²) in [5.74, 6) is 0.341. The molecule has 0 saturated heterocycles. The monoisotopic (exact) mass is 282 g/mol. The maximum Gasteiger partial charge on any atom is 0.237 e. The molecule has 0 spiro atoms. The predicted octanol–water partition coefficient (Wildman–Crippen LogP) is 2.29. The fourth-order valence-corrected chi connectivity index (χ4v) is 3.71. The number of hydrogen-bond donors (Lipinski definition) is 2. The van der Waals surface area contributed by atoms with Crippen molar-refractivity contribution >= 4 is 17.7 Å². The highest BCUT2D eigenvalue weighted by molar-refractivity contribution is 7.99. The van der Waals surface area contributed by atoms with Gasteiger partial charge in [0.1, 0.15) is 5.82 Å². The molecular weight excluding hydrogens is 263 g/mol. The molecule has 19 heavy (non-hydrogen) atoms. The molecule has 2 unspecified atom stereocenters. The lowest BCUT2D eigenvalue weighted by molar-refractivity contribution is -0.124. The molecule has 1 aromatic carbocycles. The van der Waals surface area contributed by atoms with Crippen molar-refractivity contribution in [2.45, 2.75) is 36.1 Å². The van der Waals surface area contributed by atoms with Crippen LogP contribution in [0.3, 0.4) is 0 Å². The van der Waals surface area contributed by atoms with Gasteiger partial charge in [0, 0.05) is 4.90 Å². The Morgan fingerprint density at radius 2 is 2.32 bits per heavy atom. The van der Waals surface area contributed by atoms with Crippen LogP contribution in [0.25, 0.3) is 0 Å². The van der Waals surface area contributed by atoms with Crippen LogP contribution >= 0.6 is 11.8 Å². The fraction of sp³-hybridized carbons (Fsp3) is 0.500. The largest absolute Gasteiger partial charge is 0.368 e. The second-order valence-corrected chi connectivity index (χ2v) is 6.26. The van der Waals surface area contributed by atoms with Gasteiger partial charge in [0.25, 0.3) is 0 Å². The third-order valence-corrected chi connectivity index (χ3v) is 4.89. The molecule has 104 valence electrons. The Balaban J connectivity index is 1.87. The van der Waals surface area contributed by atoms with Crippen molar-refractivity contribution in [2.24, 2.45) is 17.4 Å². The molecule has 0 heterocycles. The summed E-state index contributed by atoms with van der Waals surface area (Å²) in [4.78, 5) is 12.4. The molecule has 1 aliphatic rings. The van der Waals surface area contributed by atoms with E-state index in [1.165, 1.54) is 12.1 Å². The fourth-order valence-electron chi connectivity index (χ4n) is 2.70. The van der Waals surface area contributed by atoms with E-state index in [0.717, 1.165) is 29.9 Å². The molecule has 4 N–H and O–H groups in total. The molecule has 0 aromatic heterocycles. The van der Waals surface area contributed by atoms with Crippen molar-refractivity contribution in [3.05, 3.63) is 30.1 Å². The molecule has 2 atom stereocenters. The van der Waals surface area contributed by atoms with E-state index in [0.29, 0.717) is 6.42 Å². The van der Waals surface area contributed by atoms with Crippen molar-refractivity contribution in [2.75, 3.05) is 5.75 Å². The van der Waals surface area contributed by atoms with Crippen molar-refractivity contribution in [1.29, 1.82) is 0 Å². The van der Waals surface area contributed by atoms with Crippen LogP contribution in [0.15, 0.2) is 29.2 Å². The van der Waals surface area contributed by atoms with Crippen molar-refractivity contribution in [3.8, 4) is 0 Å². The minimum Gasteiger partial charge on any atom is -0.368 e. The Morgan fingerprint density at radius 3 is 3.00 bits per heavy atom. The number of benzene rings is 1. The number of hydrogen-bond acceptors (Lipinski definition) is 3. The number of amides is 1. The molecule has 2 rings (SSSR count). The smallest absolute Gasteiger partial charge is 0.237 e. The van der Waals surface area contributed by atoms with E-state index in [-0.39, 0.29) is 11.7 Å². The lowest BCUT2D eigenvalue weighted by Crippen LogP contribution is -2.54. The van der Waals surface area contributed by atoms with Crippen LogP contribution in [-0.2, 0) is 4.79 Å². The number of halogens is 1. The zero-order valence-corrected chi connectivity index (χ0v) is 11.6. The molecule has 1 aromatic rings. The Kier molecular flexibility index (Phi) is 4.47. The van der Waals surface area contributed by atoms with Gasteiger partial charge in [0.2, 0.25) is 5.91 Å². The normalized spacial score (nSPS) is 26.5. The van der Waals surface area contributed by atoms with Crippen LogP contribution in [0.2, 0.25) is 0 Å². The molecule has 1 amide bonds. The summed E-state index contributed by atoms with van der Waals surface area (Å²) < 4.78 is 13.0. The van der Waals surface area contributed by atoms with E-state index in [4.69, 9.17) is 11.5 Å². The summed E-state index contributed by atoms with van der Waals surface area (Å²) in [7, 11) is 0. The Bertz CT molecular complexity index is 469. The summed E-state index contributed by atoms with van der Waals surface area (Å²) in [5.41, 5.74) is 10.7. The predicted molar refractivity (Wildman–Crippen MR) is 75.2 cm³/mol. The number of nitrogens with two attached hydrogens (primary N) is 2. The topological polar surface area (TPSA) is 69.1 Å². The third kappa shape index (κ3) is 3.28. The zero-order valence-electron chi connectivity index (χ0n) is 10.8. The van der Waals surface area contributed by atoms with E-state index < -0.39 is 11.4 Å². The molecule has 1 saturated carbocycles. The molecule has 3 nitrogen and oxygen atoms in total. The summed E-state index contributed by atoms with van der Waals surface area (Å²) in [5, 5.41) is 0. The minimum absolute atomic E-state index is 0.144. The number of thioether (sulfide) groups is 1. The summed E-state index contributed by atoms with van der Waals surface area (Å²) in [6.45, 7) is 0. The number of carbonyl (C=O) groups is 1. The van der Waals surface area contributed by atoms with E-state index >= 15 is 0 Å². The molecule has 1 aliphatic carbocycles.